The summed E-state index contributed by atoms with van der Waals surface area (Å²) >= 11 is 0. The van der Waals surface area contributed by atoms with E-state index in [2.05, 4.69) is 9.97 Å². The molecule has 0 radical (unpaired) electrons. The number of hydrogen-bond acceptors (Lipinski definition) is 4. The fraction of sp³-hybridized carbons (Fsp3) is 0.211. The molecule has 0 fully saturated rings. The predicted octanol–water partition coefficient (Wildman–Crippen LogP) is 4.26. The molecule has 1 aliphatic heterocycles. The van der Waals surface area contributed by atoms with Crippen LogP contribution in [0.3, 0.4) is 0 Å². The zero-order valence-corrected chi connectivity index (χ0v) is 13.6. The molecule has 2 heterocycles. The standard InChI is InChI=1S/C19H18N2O3/c1-12(2)24-14-4-5-15(16(10-14)19-20-7-8-21-19)13-3-6-17-18(9-13)23-11-22-17/h3-10,12H,11H2,1-2H3,(H,20,21). The second-order valence-electron chi connectivity index (χ2n) is 5.88. The molecule has 4 rings (SSSR count). The summed E-state index contributed by atoms with van der Waals surface area (Å²) in [7, 11) is 0. The van der Waals surface area contributed by atoms with Crippen molar-refractivity contribution in [2.45, 2.75) is 20.0 Å². The highest BCUT2D eigenvalue weighted by atomic mass is 16.7. The van der Waals surface area contributed by atoms with Crippen molar-refractivity contribution >= 4 is 0 Å². The van der Waals surface area contributed by atoms with Gasteiger partial charge in [-0.15, -0.1) is 0 Å². The number of aromatic amines is 1. The Morgan fingerprint density at radius 2 is 1.92 bits per heavy atom. The monoisotopic (exact) mass is 322 g/mol. The first-order valence-electron chi connectivity index (χ1n) is 7.91. The maximum Gasteiger partial charge on any atom is 0.231 e. The van der Waals surface area contributed by atoms with Gasteiger partial charge in [0.05, 0.1) is 6.10 Å². The molecule has 0 saturated heterocycles. The number of nitrogens with zero attached hydrogens (tertiary/aromatic N) is 1. The van der Waals surface area contributed by atoms with Crippen molar-refractivity contribution < 1.29 is 14.2 Å². The second-order valence-corrected chi connectivity index (χ2v) is 5.88. The summed E-state index contributed by atoms with van der Waals surface area (Å²) in [5, 5.41) is 0. The number of imidazole rings is 1. The lowest BCUT2D eigenvalue weighted by molar-refractivity contribution is 0.174. The fourth-order valence-electron chi connectivity index (χ4n) is 2.79. The third-order valence-corrected chi connectivity index (χ3v) is 3.80. The summed E-state index contributed by atoms with van der Waals surface area (Å²) in [5.74, 6) is 3.16. The molecule has 5 nitrogen and oxygen atoms in total. The molecule has 0 amide bonds. The van der Waals surface area contributed by atoms with E-state index < -0.39 is 0 Å². The Kier molecular flexibility index (Phi) is 3.61. The average molecular weight is 322 g/mol. The zero-order valence-electron chi connectivity index (χ0n) is 13.6. The van der Waals surface area contributed by atoms with Gasteiger partial charge in [-0.1, -0.05) is 6.07 Å². The second kappa shape index (κ2) is 5.92. The third-order valence-electron chi connectivity index (χ3n) is 3.80. The number of aromatic nitrogens is 2. The number of ether oxygens (including phenoxy) is 3. The van der Waals surface area contributed by atoms with Crippen LogP contribution in [0.1, 0.15) is 13.8 Å². The van der Waals surface area contributed by atoms with Crippen LogP contribution in [-0.2, 0) is 0 Å². The molecule has 3 aromatic rings. The molecule has 0 spiro atoms. The SMILES string of the molecule is CC(C)Oc1ccc(-c2ccc3c(c2)OCO3)c(-c2ncc[nH]2)c1. The molecule has 24 heavy (non-hydrogen) atoms. The highest BCUT2D eigenvalue weighted by Gasteiger charge is 2.17. The first-order valence-corrected chi connectivity index (χ1v) is 7.91. The van der Waals surface area contributed by atoms with Crippen molar-refractivity contribution in [2.75, 3.05) is 6.79 Å². The predicted molar refractivity (Wildman–Crippen MR) is 91.3 cm³/mol. The van der Waals surface area contributed by atoms with Gasteiger partial charge in [0.25, 0.3) is 0 Å². The van der Waals surface area contributed by atoms with Gasteiger partial charge in [0.2, 0.25) is 6.79 Å². The Labute approximate surface area is 140 Å². The van der Waals surface area contributed by atoms with Crippen LogP contribution in [0.25, 0.3) is 22.5 Å². The molecule has 0 aliphatic carbocycles. The Balaban J connectivity index is 1.82. The van der Waals surface area contributed by atoms with E-state index >= 15 is 0 Å². The Bertz CT molecular complexity index is 857. The van der Waals surface area contributed by atoms with Crippen molar-refractivity contribution in [1.29, 1.82) is 0 Å². The first-order chi connectivity index (χ1) is 11.7. The van der Waals surface area contributed by atoms with E-state index in [4.69, 9.17) is 14.2 Å². The van der Waals surface area contributed by atoms with Gasteiger partial charge in [0.1, 0.15) is 11.6 Å². The van der Waals surface area contributed by atoms with E-state index in [-0.39, 0.29) is 12.9 Å². The van der Waals surface area contributed by atoms with Gasteiger partial charge in [-0.25, -0.2) is 4.98 Å². The highest BCUT2D eigenvalue weighted by molar-refractivity contribution is 5.82. The van der Waals surface area contributed by atoms with E-state index in [1.54, 1.807) is 6.20 Å². The lowest BCUT2D eigenvalue weighted by Gasteiger charge is -2.14. The summed E-state index contributed by atoms with van der Waals surface area (Å²) in [4.78, 5) is 7.57. The first kappa shape index (κ1) is 14.6. The molecular formula is C19H18N2O3. The number of fused-ring (bicyclic) bond motifs is 1. The topological polar surface area (TPSA) is 56.4 Å². The van der Waals surface area contributed by atoms with E-state index in [0.717, 1.165) is 39.8 Å². The quantitative estimate of drug-likeness (QED) is 0.780. The zero-order chi connectivity index (χ0) is 16.5. The number of hydrogen-bond donors (Lipinski definition) is 1. The number of benzene rings is 2. The molecule has 1 N–H and O–H groups in total. The molecular weight excluding hydrogens is 304 g/mol. The summed E-state index contributed by atoms with van der Waals surface area (Å²) in [6, 6.07) is 12.0. The highest BCUT2D eigenvalue weighted by Crippen LogP contribution is 2.39. The maximum atomic E-state index is 5.83. The van der Waals surface area contributed by atoms with Gasteiger partial charge < -0.3 is 19.2 Å². The minimum atomic E-state index is 0.117. The van der Waals surface area contributed by atoms with Gasteiger partial charge >= 0.3 is 0 Å². The maximum absolute atomic E-state index is 5.83. The van der Waals surface area contributed by atoms with Crippen LogP contribution in [0, 0.1) is 0 Å². The molecule has 0 unspecified atom stereocenters. The minimum Gasteiger partial charge on any atom is -0.491 e. The van der Waals surface area contributed by atoms with Gasteiger partial charge in [-0.3, -0.25) is 0 Å². The molecule has 5 heteroatoms. The summed E-state index contributed by atoms with van der Waals surface area (Å²) in [6.07, 6.45) is 3.68. The third kappa shape index (κ3) is 2.69. The van der Waals surface area contributed by atoms with Crippen molar-refractivity contribution in [3.05, 3.63) is 48.8 Å². The van der Waals surface area contributed by atoms with Crippen molar-refractivity contribution in [3.63, 3.8) is 0 Å². The van der Waals surface area contributed by atoms with Crippen LogP contribution in [0.5, 0.6) is 17.2 Å². The normalized spacial score (nSPS) is 12.6. The van der Waals surface area contributed by atoms with Crippen molar-refractivity contribution in [2.24, 2.45) is 0 Å². The van der Waals surface area contributed by atoms with Crippen LogP contribution in [0.2, 0.25) is 0 Å². The molecule has 0 saturated carbocycles. The van der Waals surface area contributed by atoms with E-state index in [9.17, 15) is 0 Å². The number of rotatable bonds is 4. The van der Waals surface area contributed by atoms with Gasteiger partial charge in [0, 0.05) is 18.0 Å². The van der Waals surface area contributed by atoms with Crippen LogP contribution in [-0.4, -0.2) is 22.9 Å². The Morgan fingerprint density at radius 1 is 1.04 bits per heavy atom. The van der Waals surface area contributed by atoms with Crippen LogP contribution >= 0.6 is 0 Å². The largest absolute Gasteiger partial charge is 0.491 e. The molecule has 0 atom stereocenters. The Hall–Kier alpha value is -2.95. The molecule has 122 valence electrons. The van der Waals surface area contributed by atoms with Crippen LogP contribution < -0.4 is 14.2 Å². The van der Waals surface area contributed by atoms with Gasteiger partial charge in [-0.2, -0.15) is 0 Å². The van der Waals surface area contributed by atoms with Crippen LogP contribution in [0.15, 0.2) is 48.8 Å². The molecule has 2 aromatic carbocycles. The minimum absolute atomic E-state index is 0.117. The lowest BCUT2D eigenvalue weighted by atomic mass is 9.98. The van der Waals surface area contributed by atoms with E-state index in [1.165, 1.54) is 0 Å². The molecule has 1 aromatic heterocycles. The van der Waals surface area contributed by atoms with E-state index in [0.29, 0.717) is 0 Å². The lowest BCUT2D eigenvalue weighted by Crippen LogP contribution is -2.05. The smallest absolute Gasteiger partial charge is 0.231 e. The summed E-state index contributed by atoms with van der Waals surface area (Å²) in [5.41, 5.74) is 3.08. The average Bonchev–Trinajstić information content (AvgIpc) is 3.25. The molecule has 1 aliphatic rings. The van der Waals surface area contributed by atoms with E-state index in [1.807, 2.05) is 56.4 Å². The summed E-state index contributed by atoms with van der Waals surface area (Å²) in [6.45, 7) is 4.29. The number of nitrogens with one attached hydrogen (secondary N) is 1. The van der Waals surface area contributed by atoms with Gasteiger partial charge in [-0.05, 0) is 55.3 Å². The van der Waals surface area contributed by atoms with Crippen molar-refractivity contribution in [1.82, 2.24) is 9.97 Å². The fourth-order valence-corrected chi connectivity index (χ4v) is 2.79. The molecule has 0 bridgehead atoms. The van der Waals surface area contributed by atoms with Gasteiger partial charge in [0.15, 0.2) is 11.5 Å². The van der Waals surface area contributed by atoms with Crippen molar-refractivity contribution in [3.8, 4) is 39.8 Å². The Morgan fingerprint density at radius 3 is 2.71 bits per heavy atom. The summed E-state index contributed by atoms with van der Waals surface area (Å²) < 4.78 is 16.7. The number of H-pyrrole nitrogens is 1. The van der Waals surface area contributed by atoms with Crippen LogP contribution in [0.4, 0.5) is 0 Å².